The summed E-state index contributed by atoms with van der Waals surface area (Å²) in [7, 11) is 1.61. The number of ether oxygens (including phenoxy) is 1. The first-order valence-corrected chi connectivity index (χ1v) is 5.53. The Labute approximate surface area is 94.8 Å². The molecular formula is C11H9BrO3. The lowest BCUT2D eigenvalue weighted by molar-refractivity contribution is 0.415. The maximum Gasteiger partial charge on any atom is 0.336 e. The molecule has 0 spiro atoms. The minimum atomic E-state index is -0.331. The van der Waals surface area contributed by atoms with Crippen molar-refractivity contribution < 1.29 is 9.15 Å². The first-order valence-electron chi connectivity index (χ1n) is 4.41. The van der Waals surface area contributed by atoms with Crippen LogP contribution in [0.5, 0.6) is 5.75 Å². The lowest BCUT2D eigenvalue weighted by Crippen LogP contribution is -1.99. The zero-order valence-electron chi connectivity index (χ0n) is 8.12. The number of benzene rings is 1. The van der Waals surface area contributed by atoms with E-state index in [1.165, 1.54) is 6.07 Å². The predicted molar refractivity (Wildman–Crippen MR) is 61.7 cm³/mol. The van der Waals surface area contributed by atoms with Gasteiger partial charge in [0.25, 0.3) is 0 Å². The van der Waals surface area contributed by atoms with Crippen molar-refractivity contribution >= 4 is 26.9 Å². The van der Waals surface area contributed by atoms with Gasteiger partial charge in [-0.2, -0.15) is 0 Å². The Morgan fingerprint density at radius 3 is 2.87 bits per heavy atom. The van der Waals surface area contributed by atoms with Crippen molar-refractivity contribution in [2.75, 3.05) is 7.11 Å². The molecule has 0 N–H and O–H groups in total. The zero-order valence-corrected chi connectivity index (χ0v) is 9.71. The van der Waals surface area contributed by atoms with E-state index in [-0.39, 0.29) is 5.63 Å². The van der Waals surface area contributed by atoms with Gasteiger partial charge < -0.3 is 9.15 Å². The third kappa shape index (κ3) is 1.90. The van der Waals surface area contributed by atoms with Crippen LogP contribution in [0.3, 0.4) is 0 Å². The highest BCUT2D eigenvalue weighted by atomic mass is 79.9. The summed E-state index contributed by atoms with van der Waals surface area (Å²) in [5, 5.41) is 1.51. The van der Waals surface area contributed by atoms with Crippen LogP contribution in [0, 0.1) is 0 Å². The first kappa shape index (κ1) is 10.2. The van der Waals surface area contributed by atoms with E-state index in [0.717, 1.165) is 16.7 Å². The van der Waals surface area contributed by atoms with Gasteiger partial charge in [0.05, 0.1) is 7.11 Å². The molecule has 1 aromatic heterocycles. The molecule has 0 fully saturated rings. The van der Waals surface area contributed by atoms with Gasteiger partial charge in [0.1, 0.15) is 11.3 Å². The molecule has 2 aromatic rings. The molecule has 0 aliphatic heterocycles. The van der Waals surface area contributed by atoms with Gasteiger partial charge in [0.15, 0.2) is 0 Å². The Balaban J connectivity index is 2.79. The number of halogens is 1. The molecule has 3 nitrogen and oxygen atoms in total. The monoisotopic (exact) mass is 268 g/mol. The fourth-order valence-electron chi connectivity index (χ4n) is 1.44. The summed E-state index contributed by atoms with van der Waals surface area (Å²) in [6.07, 6.45) is 0. The molecule has 1 aromatic carbocycles. The van der Waals surface area contributed by atoms with Crippen LogP contribution >= 0.6 is 15.9 Å². The standard InChI is InChI=1S/C11H9BrO3/c1-14-8-2-3-10-9(5-8)7(6-12)4-11(13)15-10/h2-5H,6H2,1H3. The molecule has 0 aliphatic carbocycles. The smallest absolute Gasteiger partial charge is 0.336 e. The van der Waals surface area contributed by atoms with Crippen LogP contribution in [0.1, 0.15) is 5.56 Å². The second-order valence-corrected chi connectivity index (χ2v) is 3.65. The van der Waals surface area contributed by atoms with Crippen LogP contribution in [-0.4, -0.2) is 7.11 Å². The molecule has 4 heteroatoms. The second kappa shape index (κ2) is 4.06. The topological polar surface area (TPSA) is 39.4 Å². The minimum absolute atomic E-state index is 0.331. The molecule has 0 saturated carbocycles. The molecule has 0 unspecified atom stereocenters. The van der Waals surface area contributed by atoms with Gasteiger partial charge in [0.2, 0.25) is 0 Å². The van der Waals surface area contributed by atoms with Gasteiger partial charge in [-0.05, 0) is 23.8 Å². The zero-order chi connectivity index (χ0) is 10.8. The molecule has 0 bridgehead atoms. The summed E-state index contributed by atoms with van der Waals surface area (Å²) >= 11 is 3.34. The van der Waals surface area contributed by atoms with E-state index in [0.29, 0.717) is 10.9 Å². The highest BCUT2D eigenvalue weighted by molar-refractivity contribution is 9.08. The molecule has 15 heavy (non-hydrogen) atoms. The van der Waals surface area contributed by atoms with Crippen molar-refractivity contribution in [1.82, 2.24) is 0 Å². The molecule has 0 saturated heterocycles. The predicted octanol–water partition coefficient (Wildman–Crippen LogP) is 2.70. The molecule has 2 rings (SSSR count). The van der Waals surface area contributed by atoms with E-state index in [2.05, 4.69) is 15.9 Å². The quantitative estimate of drug-likeness (QED) is 0.621. The van der Waals surface area contributed by atoms with Crippen molar-refractivity contribution in [3.05, 3.63) is 40.2 Å². The van der Waals surface area contributed by atoms with Gasteiger partial charge in [-0.1, -0.05) is 15.9 Å². The number of fused-ring (bicyclic) bond motifs is 1. The minimum Gasteiger partial charge on any atom is -0.497 e. The van der Waals surface area contributed by atoms with E-state index in [1.807, 2.05) is 6.07 Å². The Morgan fingerprint density at radius 1 is 1.40 bits per heavy atom. The Kier molecular flexibility index (Phi) is 2.77. The van der Waals surface area contributed by atoms with Crippen LogP contribution in [0.2, 0.25) is 0 Å². The van der Waals surface area contributed by atoms with Gasteiger partial charge in [-0.15, -0.1) is 0 Å². The maximum absolute atomic E-state index is 11.2. The summed E-state index contributed by atoms with van der Waals surface area (Å²) in [5.74, 6) is 0.749. The number of hydrogen-bond donors (Lipinski definition) is 0. The Bertz CT molecular complexity index is 545. The largest absolute Gasteiger partial charge is 0.497 e. The fourth-order valence-corrected chi connectivity index (χ4v) is 1.91. The average molecular weight is 269 g/mol. The molecule has 0 atom stereocenters. The molecule has 0 radical (unpaired) electrons. The number of alkyl halides is 1. The first-order chi connectivity index (χ1) is 7.24. The van der Waals surface area contributed by atoms with Gasteiger partial charge in [-0.3, -0.25) is 0 Å². The van der Waals surface area contributed by atoms with Crippen molar-refractivity contribution in [1.29, 1.82) is 0 Å². The van der Waals surface area contributed by atoms with Crippen LogP contribution in [0.4, 0.5) is 0 Å². The molecule has 1 heterocycles. The van der Waals surface area contributed by atoms with Crippen molar-refractivity contribution in [2.45, 2.75) is 5.33 Å². The third-order valence-corrected chi connectivity index (χ3v) is 2.78. The molecule has 78 valence electrons. The van der Waals surface area contributed by atoms with E-state index in [1.54, 1.807) is 19.2 Å². The summed E-state index contributed by atoms with van der Waals surface area (Å²) < 4.78 is 10.2. The summed E-state index contributed by atoms with van der Waals surface area (Å²) in [6, 6.07) is 6.84. The van der Waals surface area contributed by atoms with Crippen molar-refractivity contribution in [3.8, 4) is 5.75 Å². The number of hydrogen-bond acceptors (Lipinski definition) is 3. The Hall–Kier alpha value is -1.29. The molecule has 0 amide bonds. The highest BCUT2D eigenvalue weighted by Crippen LogP contribution is 2.23. The van der Waals surface area contributed by atoms with Crippen LogP contribution in [-0.2, 0) is 5.33 Å². The molecular weight excluding hydrogens is 260 g/mol. The average Bonchev–Trinajstić information content (AvgIpc) is 2.27. The van der Waals surface area contributed by atoms with E-state index >= 15 is 0 Å². The number of methoxy groups -OCH3 is 1. The molecule has 0 aliphatic rings. The van der Waals surface area contributed by atoms with E-state index in [4.69, 9.17) is 9.15 Å². The maximum atomic E-state index is 11.2. The van der Waals surface area contributed by atoms with Crippen LogP contribution in [0.25, 0.3) is 11.0 Å². The lowest BCUT2D eigenvalue weighted by atomic mass is 10.1. The number of rotatable bonds is 2. The van der Waals surface area contributed by atoms with Crippen molar-refractivity contribution in [3.63, 3.8) is 0 Å². The SMILES string of the molecule is COc1ccc2oc(=O)cc(CBr)c2c1. The fraction of sp³-hybridized carbons (Fsp3) is 0.182. The van der Waals surface area contributed by atoms with Gasteiger partial charge in [0, 0.05) is 16.8 Å². The second-order valence-electron chi connectivity index (χ2n) is 3.09. The van der Waals surface area contributed by atoms with Crippen LogP contribution < -0.4 is 10.4 Å². The lowest BCUT2D eigenvalue weighted by Gasteiger charge is -2.04. The van der Waals surface area contributed by atoms with Gasteiger partial charge >= 0.3 is 5.63 Å². The third-order valence-electron chi connectivity index (χ3n) is 2.18. The highest BCUT2D eigenvalue weighted by Gasteiger charge is 2.05. The van der Waals surface area contributed by atoms with E-state index in [9.17, 15) is 4.79 Å². The normalized spacial score (nSPS) is 10.5. The van der Waals surface area contributed by atoms with E-state index < -0.39 is 0 Å². The summed E-state index contributed by atoms with van der Waals surface area (Å²) in [5.41, 5.74) is 1.15. The Morgan fingerprint density at radius 2 is 2.20 bits per heavy atom. The van der Waals surface area contributed by atoms with Crippen LogP contribution in [0.15, 0.2) is 33.5 Å². The van der Waals surface area contributed by atoms with Crippen molar-refractivity contribution in [2.24, 2.45) is 0 Å². The summed E-state index contributed by atoms with van der Waals surface area (Å²) in [6.45, 7) is 0. The summed E-state index contributed by atoms with van der Waals surface area (Å²) in [4.78, 5) is 11.2. The van der Waals surface area contributed by atoms with Gasteiger partial charge in [-0.25, -0.2) is 4.79 Å².